The normalized spacial score (nSPS) is 16.3. The van der Waals surface area contributed by atoms with Gasteiger partial charge in [-0.1, -0.05) is 18.7 Å². The maximum Gasteiger partial charge on any atom is 0.231 e. The van der Waals surface area contributed by atoms with Gasteiger partial charge in [-0.3, -0.25) is 9.36 Å². The second-order valence-corrected chi connectivity index (χ2v) is 7.08. The minimum absolute atomic E-state index is 0.307. The van der Waals surface area contributed by atoms with Crippen LogP contribution in [0, 0.1) is 0 Å². The molecule has 2 N–H and O–H groups in total. The Balaban J connectivity index is 1.89. The number of aromatic nitrogens is 3. The average molecular weight is 349 g/mol. The van der Waals surface area contributed by atoms with Crippen LogP contribution in [-0.4, -0.2) is 39.0 Å². The van der Waals surface area contributed by atoms with Crippen LogP contribution in [0.15, 0.2) is 28.0 Å². The Kier molecular flexibility index (Phi) is 5.44. The van der Waals surface area contributed by atoms with Crippen molar-refractivity contribution in [1.82, 2.24) is 14.8 Å². The molecule has 1 aliphatic heterocycles. The van der Waals surface area contributed by atoms with Crippen molar-refractivity contribution in [2.45, 2.75) is 49.6 Å². The van der Waals surface area contributed by atoms with Gasteiger partial charge in [-0.25, -0.2) is 0 Å². The molecule has 8 heteroatoms. The summed E-state index contributed by atoms with van der Waals surface area (Å²) >= 11 is 1.38. The third-order valence-electron chi connectivity index (χ3n) is 4.17. The zero-order valence-electron chi connectivity index (χ0n) is 13.9. The second-order valence-electron chi connectivity index (χ2n) is 5.91. The van der Waals surface area contributed by atoms with Crippen molar-refractivity contribution in [3.8, 4) is 0 Å². The third kappa shape index (κ3) is 3.75. The molecule has 2 aromatic heterocycles. The van der Waals surface area contributed by atoms with E-state index in [1.165, 1.54) is 18.2 Å². The van der Waals surface area contributed by atoms with Gasteiger partial charge in [0.05, 0.1) is 18.1 Å². The van der Waals surface area contributed by atoms with Gasteiger partial charge in [0, 0.05) is 13.1 Å². The number of anilines is 1. The minimum atomic E-state index is -0.324. The van der Waals surface area contributed by atoms with E-state index < -0.39 is 0 Å². The van der Waals surface area contributed by atoms with Crippen molar-refractivity contribution in [2.24, 2.45) is 5.73 Å². The molecule has 1 saturated heterocycles. The number of nitrogens with two attached hydrogens (primary N) is 1. The lowest BCUT2D eigenvalue weighted by Crippen LogP contribution is -2.32. The lowest BCUT2D eigenvalue weighted by Gasteiger charge is -2.27. The molecule has 0 aliphatic carbocycles. The van der Waals surface area contributed by atoms with E-state index in [4.69, 9.17) is 10.2 Å². The molecule has 2 aromatic rings. The number of thioether (sulfide) groups is 1. The number of hydrogen-bond donors (Lipinski definition) is 1. The van der Waals surface area contributed by atoms with Crippen LogP contribution in [0.1, 0.15) is 38.4 Å². The molecule has 1 aliphatic rings. The number of piperidine rings is 1. The molecule has 1 amide bonds. The van der Waals surface area contributed by atoms with E-state index in [0.717, 1.165) is 37.6 Å². The van der Waals surface area contributed by atoms with Crippen molar-refractivity contribution in [1.29, 1.82) is 0 Å². The molecule has 3 rings (SSSR count). The molecule has 0 spiro atoms. The van der Waals surface area contributed by atoms with Crippen molar-refractivity contribution < 1.29 is 9.21 Å². The van der Waals surface area contributed by atoms with Crippen LogP contribution in [0.25, 0.3) is 0 Å². The monoisotopic (exact) mass is 349 g/mol. The first-order valence-electron chi connectivity index (χ1n) is 8.35. The maximum absolute atomic E-state index is 11.6. The fourth-order valence-corrected chi connectivity index (χ4v) is 3.76. The predicted molar refractivity (Wildman–Crippen MR) is 93.0 cm³/mol. The van der Waals surface area contributed by atoms with Gasteiger partial charge in [-0.2, -0.15) is 0 Å². The summed E-state index contributed by atoms with van der Waals surface area (Å²) in [7, 11) is 0. The number of carbonyl (C=O) groups is 1. The van der Waals surface area contributed by atoms with E-state index >= 15 is 0 Å². The molecule has 24 heavy (non-hydrogen) atoms. The Bertz CT molecular complexity index is 664. The molecule has 1 unspecified atom stereocenters. The lowest BCUT2D eigenvalue weighted by molar-refractivity contribution is -0.117. The van der Waals surface area contributed by atoms with Crippen LogP contribution < -0.4 is 10.6 Å². The number of amides is 1. The van der Waals surface area contributed by atoms with Crippen molar-refractivity contribution >= 4 is 23.6 Å². The topological polar surface area (TPSA) is 90.2 Å². The highest BCUT2D eigenvalue weighted by molar-refractivity contribution is 8.00. The number of carbonyl (C=O) groups excluding carboxylic acids is 1. The summed E-state index contributed by atoms with van der Waals surface area (Å²) < 4.78 is 7.52. The summed E-state index contributed by atoms with van der Waals surface area (Å²) in [6, 6.07) is 3.80. The highest BCUT2D eigenvalue weighted by Crippen LogP contribution is 2.29. The van der Waals surface area contributed by atoms with Crippen LogP contribution in [0.3, 0.4) is 0 Å². The number of rotatable bonds is 7. The van der Waals surface area contributed by atoms with Crippen molar-refractivity contribution in [3.63, 3.8) is 0 Å². The number of primary amides is 1. The van der Waals surface area contributed by atoms with E-state index in [-0.39, 0.29) is 11.2 Å². The number of nitrogens with zero attached hydrogens (tertiary/aromatic N) is 4. The van der Waals surface area contributed by atoms with E-state index in [1.807, 2.05) is 23.6 Å². The van der Waals surface area contributed by atoms with Crippen molar-refractivity contribution in [2.75, 3.05) is 18.0 Å². The van der Waals surface area contributed by atoms with Crippen LogP contribution in [0.4, 0.5) is 5.95 Å². The molecular formula is C16H23N5O2S. The van der Waals surface area contributed by atoms with Gasteiger partial charge < -0.3 is 15.1 Å². The molecule has 0 bridgehead atoms. The first-order chi connectivity index (χ1) is 11.7. The maximum atomic E-state index is 11.6. The third-order valence-corrected chi connectivity index (χ3v) is 5.53. The standard InChI is InChI=1S/C16H23N5O2S/c1-2-13(14(17)22)24-16-19-18-15(20-8-4-3-5-9-20)21(16)11-12-7-6-10-23-12/h6-7,10,13H,2-5,8-9,11H2,1H3,(H2,17,22). The molecule has 1 atom stereocenters. The SMILES string of the molecule is CCC(Sc1nnc(N2CCCCC2)n1Cc1ccco1)C(N)=O. The molecule has 3 heterocycles. The van der Waals surface area contributed by atoms with Gasteiger partial charge in [-0.15, -0.1) is 10.2 Å². The van der Waals surface area contributed by atoms with Crippen LogP contribution >= 0.6 is 11.8 Å². The van der Waals surface area contributed by atoms with Crippen molar-refractivity contribution in [3.05, 3.63) is 24.2 Å². The van der Waals surface area contributed by atoms with Gasteiger partial charge in [0.2, 0.25) is 11.9 Å². The summed E-state index contributed by atoms with van der Waals surface area (Å²) in [4.78, 5) is 13.8. The number of furan rings is 1. The number of hydrogen-bond acceptors (Lipinski definition) is 6. The first-order valence-corrected chi connectivity index (χ1v) is 9.23. The molecule has 1 fully saturated rings. The van der Waals surface area contributed by atoms with Gasteiger partial charge >= 0.3 is 0 Å². The largest absolute Gasteiger partial charge is 0.467 e. The quantitative estimate of drug-likeness (QED) is 0.771. The minimum Gasteiger partial charge on any atom is -0.467 e. The van der Waals surface area contributed by atoms with Crippen LogP contribution in [0.2, 0.25) is 0 Å². The zero-order chi connectivity index (χ0) is 16.9. The van der Waals surface area contributed by atoms with Gasteiger partial charge in [-0.05, 0) is 37.8 Å². The molecule has 7 nitrogen and oxygen atoms in total. The first kappa shape index (κ1) is 16.9. The summed E-state index contributed by atoms with van der Waals surface area (Å²) in [6.07, 6.45) is 5.89. The Morgan fingerprint density at radius 3 is 2.79 bits per heavy atom. The molecule has 0 saturated carbocycles. The van der Waals surface area contributed by atoms with E-state index in [0.29, 0.717) is 18.1 Å². The fraction of sp³-hybridized carbons (Fsp3) is 0.562. The highest BCUT2D eigenvalue weighted by atomic mass is 32.2. The fourth-order valence-electron chi connectivity index (χ4n) is 2.86. The van der Waals surface area contributed by atoms with E-state index in [9.17, 15) is 4.79 Å². The second kappa shape index (κ2) is 7.74. The average Bonchev–Trinajstić information content (AvgIpc) is 3.24. The zero-order valence-corrected chi connectivity index (χ0v) is 14.7. The van der Waals surface area contributed by atoms with Gasteiger partial charge in [0.25, 0.3) is 0 Å². The van der Waals surface area contributed by atoms with E-state index in [1.54, 1.807) is 6.26 Å². The Hall–Kier alpha value is -1.96. The molecule has 0 aromatic carbocycles. The lowest BCUT2D eigenvalue weighted by atomic mass is 10.1. The predicted octanol–water partition coefficient (Wildman–Crippen LogP) is 2.27. The molecule has 130 valence electrons. The van der Waals surface area contributed by atoms with Crippen LogP contribution in [-0.2, 0) is 11.3 Å². The Labute approximate surface area is 145 Å². The van der Waals surface area contributed by atoms with Crippen LogP contribution in [0.5, 0.6) is 0 Å². The molecular weight excluding hydrogens is 326 g/mol. The Morgan fingerprint density at radius 2 is 2.17 bits per heavy atom. The molecule has 0 radical (unpaired) electrons. The van der Waals surface area contributed by atoms with Gasteiger partial charge in [0.15, 0.2) is 5.16 Å². The Morgan fingerprint density at radius 1 is 1.38 bits per heavy atom. The summed E-state index contributed by atoms with van der Waals surface area (Å²) in [6.45, 7) is 4.45. The highest BCUT2D eigenvalue weighted by Gasteiger charge is 2.24. The summed E-state index contributed by atoms with van der Waals surface area (Å²) in [5.41, 5.74) is 5.48. The van der Waals surface area contributed by atoms with Gasteiger partial charge in [0.1, 0.15) is 5.76 Å². The smallest absolute Gasteiger partial charge is 0.231 e. The summed E-state index contributed by atoms with van der Waals surface area (Å²) in [5, 5.41) is 9.12. The summed E-state index contributed by atoms with van der Waals surface area (Å²) in [5.74, 6) is 1.35. The van der Waals surface area contributed by atoms with E-state index in [2.05, 4.69) is 15.1 Å².